The van der Waals surface area contributed by atoms with E-state index in [9.17, 15) is 34.4 Å². The molecule has 9 heteroatoms. The largest absolute Gasteiger partial charge is 0.508 e. The lowest BCUT2D eigenvalue weighted by Gasteiger charge is -2.18. The van der Waals surface area contributed by atoms with Crippen LogP contribution in [0.3, 0.4) is 0 Å². The Hall–Kier alpha value is -8.56. The van der Waals surface area contributed by atoms with E-state index < -0.39 is 4.92 Å². The number of nitrogens with two attached hydrogens (primary N) is 1. The number of carbonyl (C=O) groups excluding carboxylic acids is 4. The molecule has 404 valence electrons. The minimum absolute atomic E-state index is 0. The number of nitrogen functional groups attached to an aromatic ring is 1. The van der Waals surface area contributed by atoms with Crippen molar-refractivity contribution in [3.8, 4) is 5.75 Å². The molecule has 4 aliphatic carbocycles. The first-order valence-electron chi connectivity index (χ1n) is 25.1. The number of nitrogens with zero attached hydrogens (tertiary/aromatic N) is 1. The van der Waals surface area contributed by atoms with E-state index in [2.05, 4.69) is 0 Å². The van der Waals surface area contributed by atoms with Gasteiger partial charge in [0.05, 0.1) is 4.92 Å². The number of aromatic hydroxyl groups is 1. The van der Waals surface area contributed by atoms with Crippen molar-refractivity contribution >= 4 is 34.5 Å². The SMILES string of the molecule is C.C.C.C.CC.CC.CC.CC.Nc1ccc2c(c1)C(=O)c1ccccc1C2.O=C1c2ccccc2Cc2ccc(O)cc21.O=C1c2ccccc2Cc2ccc([N+](=O)[O-])cc21.O=C1c2ccccc2Cc2ccccc21. The number of non-ortho nitro benzene ring substituents is 1. The quantitative estimate of drug-likeness (QED) is 0.0934. The van der Waals surface area contributed by atoms with Gasteiger partial charge in [-0.1, -0.05) is 225 Å². The summed E-state index contributed by atoms with van der Waals surface area (Å²) in [4.78, 5) is 59.0. The molecular formula is C68H80N2O7. The Kier molecular flexibility index (Phi) is 27.6. The van der Waals surface area contributed by atoms with Crippen LogP contribution in [0.2, 0.25) is 0 Å². The van der Waals surface area contributed by atoms with E-state index >= 15 is 0 Å². The lowest BCUT2D eigenvalue weighted by atomic mass is 9.85. The lowest BCUT2D eigenvalue weighted by molar-refractivity contribution is -0.384. The van der Waals surface area contributed by atoms with Crippen molar-refractivity contribution in [1.82, 2.24) is 0 Å². The minimum atomic E-state index is -0.478. The van der Waals surface area contributed by atoms with Gasteiger partial charge in [-0.15, -0.1) is 0 Å². The predicted molar refractivity (Wildman–Crippen MR) is 322 cm³/mol. The summed E-state index contributed by atoms with van der Waals surface area (Å²) in [6.07, 6.45) is 3.10. The Morgan fingerprint density at radius 2 is 0.597 bits per heavy atom. The van der Waals surface area contributed by atoms with Crippen LogP contribution in [0.4, 0.5) is 11.4 Å². The van der Waals surface area contributed by atoms with Gasteiger partial charge in [0, 0.05) is 62.3 Å². The summed E-state index contributed by atoms with van der Waals surface area (Å²) in [5.74, 6) is 0.270. The number of ketones is 4. The number of carbonyl (C=O) groups is 4. The fourth-order valence-corrected chi connectivity index (χ4v) is 8.81. The molecule has 0 fully saturated rings. The summed E-state index contributed by atoms with van der Waals surface area (Å²) < 4.78 is 0. The molecule has 0 radical (unpaired) electrons. The third kappa shape index (κ3) is 15.3. The summed E-state index contributed by atoms with van der Waals surface area (Å²) in [5, 5.41) is 20.1. The zero-order chi connectivity index (χ0) is 53.2. The van der Waals surface area contributed by atoms with Gasteiger partial charge in [-0.05, 0) is 94.5 Å². The first-order chi connectivity index (χ1) is 35.5. The highest BCUT2D eigenvalue weighted by Crippen LogP contribution is 2.32. The summed E-state index contributed by atoms with van der Waals surface area (Å²) in [6.45, 7) is 16.0. The second kappa shape index (κ2) is 32.0. The maximum atomic E-state index is 12.3. The molecule has 0 amide bonds. The highest BCUT2D eigenvalue weighted by molar-refractivity contribution is 6.14. The summed E-state index contributed by atoms with van der Waals surface area (Å²) >= 11 is 0. The second-order valence-corrected chi connectivity index (χ2v) is 16.2. The van der Waals surface area contributed by atoms with E-state index in [0.29, 0.717) is 28.8 Å². The van der Waals surface area contributed by atoms with Crippen molar-refractivity contribution in [3.05, 3.63) is 275 Å². The van der Waals surface area contributed by atoms with Crippen LogP contribution in [0.5, 0.6) is 5.75 Å². The van der Waals surface area contributed by atoms with Crippen molar-refractivity contribution in [2.24, 2.45) is 0 Å². The van der Waals surface area contributed by atoms with Crippen LogP contribution in [0.1, 0.15) is 193 Å². The molecule has 9 nitrogen and oxygen atoms in total. The lowest BCUT2D eigenvalue weighted by Crippen LogP contribution is -2.15. The Morgan fingerprint density at radius 1 is 0.351 bits per heavy atom. The van der Waals surface area contributed by atoms with E-state index in [1.807, 2.05) is 183 Å². The Labute approximate surface area is 459 Å². The molecule has 0 atom stereocenters. The Balaban J connectivity index is 0.000000484. The van der Waals surface area contributed by atoms with E-state index in [1.54, 1.807) is 36.4 Å². The number of benzene rings is 8. The van der Waals surface area contributed by atoms with Gasteiger partial charge >= 0.3 is 0 Å². The zero-order valence-electron chi connectivity index (χ0n) is 43.0. The molecule has 0 saturated carbocycles. The molecule has 0 saturated heterocycles. The number of nitro benzene ring substituents is 1. The molecule has 0 heterocycles. The number of hydrogen-bond acceptors (Lipinski definition) is 8. The normalized spacial score (nSPS) is 11.3. The number of fused-ring (bicyclic) bond motifs is 8. The highest BCUT2D eigenvalue weighted by atomic mass is 16.6. The van der Waals surface area contributed by atoms with Crippen molar-refractivity contribution in [2.75, 3.05) is 5.73 Å². The molecule has 0 aromatic heterocycles. The molecule has 8 aromatic carbocycles. The number of phenolic OH excluding ortho intramolecular Hbond substituents is 1. The van der Waals surface area contributed by atoms with Gasteiger partial charge in [-0.2, -0.15) is 0 Å². The van der Waals surface area contributed by atoms with Gasteiger partial charge < -0.3 is 10.8 Å². The van der Waals surface area contributed by atoms with Gasteiger partial charge in [-0.3, -0.25) is 29.3 Å². The smallest absolute Gasteiger partial charge is 0.270 e. The fourth-order valence-electron chi connectivity index (χ4n) is 8.81. The first kappa shape index (κ1) is 66.5. The van der Waals surface area contributed by atoms with Crippen molar-refractivity contribution in [2.45, 2.75) is 111 Å². The molecule has 4 aliphatic rings. The van der Waals surface area contributed by atoms with Gasteiger partial charge in [-0.25, -0.2) is 0 Å². The van der Waals surface area contributed by atoms with Gasteiger partial charge in [0.1, 0.15) is 5.75 Å². The van der Waals surface area contributed by atoms with Crippen LogP contribution in [0.25, 0.3) is 0 Å². The average Bonchev–Trinajstić information content (AvgIpc) is 3.44. The monoisotopic (exact) mass is 1040 g/mol. The molecule has 0 spiro atoms. The standard InChI is InChI=1S/C14H9NO3.C14H11NO.C14H10O2.C14H10O.4C2H6.4CH4/c16-14-12-4-2-1-3-9(12)7-10-5-6-11(15(17)18)8-13(10)14;2*15-11-6-5-10-7-9-3-1-2-4-12(9)14(16)13(10)8-11;15-14-12-7-3-1-5-10(12)9-11-6-2-4-8-13(11)14;4*1-2;;;;/h1-6,8H,7H2;1-6,8H,7,15H2;1-6,8,15H,7H2;1-8H,9H2;4*1-2H3;4*1H4. The van der Waals surface area contributed by atoms with Gasteiger partial charge in [0.2, 0.25) is 0 Å². The van der Waals surface area contributed by atoms with Crippen LogP contribution in [-0.4, -0.2) is 33.2 Å². The van der Waals surface area contributed by atoms with Crippen LogP contribution in [0.15, 0.2) is 176 Å². The maximum absolute atomic E-state index is 12.3. The summed E-state index contributed by atoms with van der Waals surface area (Å²) in [6, 6.07) is 53.5. The minimum Gasteiger partial charge on any atom is -0.508 e. The average molecular weight is 1040 g/mol. The van der Waals surface area contributed by atoms with Crippen molar-refractivity contribution in [3.63, 3.8) is 0 Å². The van der Waals surface area contributed by atoms with Crippen molar-refractivity contribution in [1.29, 1.82) is 0 Å². The number of rotatable bonds is 1. The van der Waals surface area contributed by atoms with E-state index in [1.165, 1.54) is 12.1 Å². The van der Waals surface area contributed by atoms with E-state index in [0.717, 1.165) is 91.6 Å². The van der Waals surface area contributed by atoms with Crippen LogP contribution >= 0.6 is 0 Å². The molecule has 0 aliphatic heterocycles. The van der Waals surface area contributed by atoms with Crippen LogP contribution < -0.4 is 5.73 Å². The van der Waals surface area contributed by atoms with Gasteiger partial charge in [0.25, 0.3) is 5.69 Å². The predicted octanol–water partition coefficient (Wildman–Crippen LogP) is 17.1. The number of nitro groups is 1. The van der Waals surface area contributed by atoms with Gasteiger partial charge in [0.15, 0.2) is 23.1 Å². The first-order valence-corrected chi connectivity index (χ1v) is 25.1. The third-order valence-electron chi connectivity index (χ3n) is 12.1. The number of phenols is 1. The van der Waals surface area contributed by atoms with E-state index in [4.69, 9.17) is 5.73 Å². The molecule has 77 heavy (non-hydrogen) atoms. The molecule has 8 aromatic rings. The second-order valence-electron chi connectivity index (χ2n) is 16.2. The Morgan fingerprint density at radius 3 is 0.922 bits per heavy atom. The topological polar surface area (TPSA) is 158 Å². The summed E-state index contributed by atoms with van der Waals surface area (Å²) in [5.41, 5.74) is 20.4. The zero-order valence-corrected chi connectivity index (χ0v) is 43.0. The van der Waals surface area contributed by atoms with E-state index in [-0.39, 0.29) is 64.3 Å². The molecule has 0 unspecified atom stereocenters. The highest BCUT2D eigenvalue weighted by Gasteiger charge is 2.26. The maximum Gasteiger partial charge on any atom is 0.270 e. The number of hydrogen-bond donors (Lipinski definition) is 2. The molecular weight excluding hydrogens is 957 g/mol. The van der Waals surface area contributed by atoms with Crippen molar-refractivity contribution < 1.29 is 29.2 Å². The fraction of sp³-hybridized carbons (Fsp3) is 0.235. The Bertz CT molecular complexity index is 3110. The number of anilines is 1. The molecule has 0 bridgehead atoms. The molecule has 12 rings (SSSR count). The third-order valence-corrected chi connectivity index (χ3v) is 12.1. The van der Waals surface area contributed by atoms with Crippen LogP contribution in [-0.2, 0) is 25.7 Å². The van der Waals surface area contributed by atoms with Crippen LogP contribution in [0, 0.1) is 10.1 Å². The summed E-state index contributed by atoms with van der Waals surface area (Å²) in [7, 11) is 0. The molecule has 3 N–H and O–H groups in total.